The Balaban J connectivity index is 1.95. The van der Waals surface area contributed by atoms with Crippen LogP contribution in [0.5, 0.6) is 0 Å². The van der Waals surface area contributed by atoms with Crippen molar-refractivity contribution in [1.82, 2.24) is 9.21 Å². The van der Waals surface area contributed by atoms with E-state index in [1.807, 2.05) is 19.1 Å². The standard InChI is InChI=1S/C16H26N2O2S/c1-3-4-5-9-17-10-12-18(13-11-17)21(19,20)16-8-6-7-15(2)14-16/h6-8,14H,3-5,9-13H2,1-2H3. The molecular weight excluding hydrogens is 284 g/mol. The molecule has 1 fully saturated rings. The van der Waals surface area contributed by atoms with E-state index < -0.39 is 10.0 Å². The molecule has 1 aromatic rings. The van der Waals surface area contributed by atoms with E-state index in [2.05, 4.69) is 11.8 Å². The van der Waals surface area contributed by atoms with E-state index in [1.165, 1.54) is 19.3 Å². The lowest BCUT2D eigenvalue weighted by molar-refractivity contribution is 0.185. The predicted molar refractivity (Wildman–Crippen MR) is 85.9 cm³/mol. The van der Waals surface area contributed by atoms with Crippen molar-refractivity contribution < 1.29 is 8.42 Å². The summed E-state index contributed by atoms with van der Waals surface area (Å²) >= 11 is 0. The van der Waals surface area contributed by atoms with Gasteiger partial charge in [-0.05, 0) is 37.6 Å². The van der Waals surface area contributed by atoms with E-state index >= 15 is 0 Å². The second kappa shape index (κ2) is 7.38. The average molecular weight is 310 g/mol. The number of hydrogen-bond donors (Lipinski definition) is 0. The first-order valence-electron chi connectivity index (χ1n) is 7.83. The van der Waals surface area contributed by atoms with Crippen molar-refractivity contribution in [2.75, 3.05) is 32.7 Å². The summed E-state index contributed by atoms with van der Waals surface area (Å²) in [5.41, 5.74) is 0.981. The van der Waals surface area contributed by atoms with Gasteiger partial charge >= 0.3 is 0 Å². The lowest BCUT2D eigenvalue weighted by atomic mass is 10.2. The van der Waals surface area contributed by atoms with E-state index in [9.17, 15) is 8.42 Å². The van der Waals surface area contributed by atoms with Crippen LogP contribution in [-0.2, 0) is 10.0 Å². The van der Waals surface area contributed by atoms with Gasteiger partial charge in [-0.1, -0.05) is 31.9 Å². The minimum absolute atomic E-state index is 0.418. The third-order valence-corrected chi connectivity index (χ3v) is 5.93. The van der Waals surface area contributed by atoms with Gasteiger partial charge in [-0.3, -0.25) is 0 Å². The van der Waals surface area contributed by atoms with Crippen molar-refractivity contribution in [1.29, 1.82) is 0 Å². The van der Waals surface area contributed by atoms with Crippen molar-refractivity contribution in [2.24, 2.45) is 0 Å². The largest absolute Gasteiger partial charge is 0.301 e. The summed E-state index contributed by atoms with van der Waals surface area (Å²) in [7, 11) is -3.33. The third kappa shape index (κ3) is 4.28. The minimum atomic E-state index is -3.33. The zero-order valence-corrected chi connectivity index (χ0v) is 13.9. The second-order valence-electron chi connectivity index (χ2n) is 5.77. The summed E-state index contributed by atoms with van der Waals surface area (Å²) in [6.45, 7) is 8.09. The van der Waals surface area contributed by atoms with Gasteiger partial charge in [0.2, 0.25) is 10.0 Å². The summed E-state index contributed by atoms with van der Waals surface area (Å²) in [5.74, 6) is 0. The summed E-state index contributed by atoms with van der Waals surface area (Å²) in [5, 5.41) is 0. The van der Waals surface area contributed by atoms with Gasteiger partial charge in [0.05, 0.1) is 4.90 Å². The molecule has 0 N–H and O–H groups in total. The maximum absolute atomic E-state index is 12.6. The molecule has 0 atom stereocenters. The highest BCUT2D eigenvalue weighted by atomic mass is 32.2. The first kappa shape index (κ1) is 16.5. The number of sulfonamides is 1. The summed E-state index contributed by atoms with van der Waals surface area (Å²) in [4.78, 5) is 2.79. The fraction of sp³-hybridized carbons (Fsp3) is 0.625. The van der Waals surface area contributed by atoms with Crippen molar-refractivity contribution >= 4 is 10.0 Å². The van der Waals surface area contributed by atoms with E-state index in [1.54, 1.807) is 16.4 Å². The molecule has 1 aliphatic rings. The average Bonchev–Trinajstić information content (AvgIpc) is 2.48. The van der Waals surface area contributed by atoms with Crippen LogP contribution in [0.1, 0.15) is 31.7 Å². The number of unbranched alkanes of at least 4 members (excludes halogenated alkanes) is 2. The molecule has 0 saturated carbocycles. The molecule has 0 bridgehead atoms. The lowest BCUT2D eigenvalue weighted by Gasteiger charge is -2.34. The molecule has 21 heavy (non-hydrogen) atoms. The van der Waals surface area contributed by atoms with Gasteiger partial charge in [0, 0.05) is 26.2 Å². The number of piperazine rings is 1. The maximum atomic E-state index is 12.6. The molecule has 0 radical (unpaired) electrons. The molecule has 1 aromatic carbocycles. The highest BCUT2D eigenvalue weighted by Crippen LogP contribution is 2.18. The zero-order valence-electron chi connectivity index (χ0n) is 13.1. The smallest absolute Gasteiger partial charge is 0.243 e. The Morgan fingerprint density at radius 1 is 1.10 bits per heavy atom. The Bertz CT molecular complexity index is 549. The number of rotatable bonds is 6. The highest BCUT2D eigenvalue weighted by molar-refractivity contribution is 7.89. The first-order chi connectivity index (χ1) is 10.0. The number of nitrogens with zero attached hydrogens (tertiary/aromatic N) is 2. The quantitative estimate of drug-likeness (QED) is 0.758. The first-order valence-corrected chi connectivity index (χ1v) is 9.27. The summed E-state index contributed by atoms with van der Waals surface area (Å²) < 4.78 is 26.9. The van der Waals surface area contributed by atoms with Crippen molar-refractivity contribution in [3.8, 4) is 0 Å². The Labute approximate surface area is 128 Å². The second-order valence-corrected chi connectivity index (χ2v) is 7.71. The highest BCUT2D eigenvalue weighted by Gasteiger charge is 2.28. The maximum Gasteiger partial charge on any atom is 0.243 e. The zero-order chi connectivity index (χ0) is 15.3. The van der Waals surface area contributed by atoms with Crippen molar-refractivity contribution in [3.05, 3.63) is 29.8 Å². The van der Waals surface area contributed by atoms with Crippen LogP contribution in [0.3, 0.4) is 0 Å². The topological polar surface area (TPSA) is 40.6 Å². The summed E-state index contributed by atoms with van der Waals surface area (Å²) in [6, 6.07) is 7.17. The minimum Gasteiger partial charge on any atom is -0.301 e. The van der Waals surface area contributed by atoms with Gasteiger partial charge in [0.15, 0.2) is 0 Å². The van der Waals surface area contributed by atoms with Crippen molar-refractivity contribution in [3.63, 3.8) is 0 Å². The monoisotopic (exact) mass is 310 g/mol. The molecule has 1 heterocycles. The number of hydrogen-bond acceptors (Lipinski definition) is 3. The Hall–Kier alpha value is -0.910. The molecule has 1 aliphatic heterocycles. The van der Waals surface area contributed by atoms with E-state index in [4.69, 9.17) is 0 Å². The van der Waals surface area contributed by atoms with Crippen LogP contribution in [0.25, 0.3) is 0 Å². The Morgan fingerprint density at radius 2 is 1.81 bits per heavy atom. The molecule has 0 unspecified atom stereocenters. The van der Waals surface area contributed by atoms with Gasteiger partial charge in [0.25, 0.3) is 0 Å². The van der Waals surface area contributed by atoms with Gasteiger partial charge in [-0.25, -0.2) is 8.42 Å². The van der Waals surface area contributed by atoms with E-state index in [-0.39, 0.29) is 0 Å². The predicted octanol–water partition coefficient (Wildman–Crippen LogP) is 2.49. The normalized spacial score (nSPS) is 18.0. The molecule has 118 valence electrons. The third-order valence-electron chi connectivity index (χ3n) is 4.04. The molecule has 4 nitrogen and oxygen atoms in total. The Morgan fingerprint density at radius 3 is 2.43 bits per heavy atom. The number of aryl methyl sites for hydroxylation is 1. The summed E-state index contributed by atoms with van der Waals surface area (Å²) in [6.07, 6.45) is 3.69. The molecule has 1 saturated heterocycles. The number of benzene rings is 1. The van der Waals surface area contributed by atoms with Crippen LogP contribution in [0.15, 0.2) is 29.2 Å². The van der Waals surface area contributed by atoms with Crippen LogP contribution in [-0.4, -0.2) is 50.3 Å². The van der Waals surface area contributed by atoms with Gasteiger partial charge < -0.3 is 4.90 Å². The molecule has 0 amide bonds. The molecule has 0 aromatic heterocycles. The van der Waals surface area contributed by atoms with Crippen molar-refractivity contribution in [2.45, 2.75) is 38.0 Å². The lowest BCUT2D eigenvalue weighted by Crippen LogP contribution is -2.48. The van der Waals surface area contributed by atoms with Gasteiger partial charge in [-0.15, -0.1) is 0 Å². The van der Waals surface area contributed by atoms with E-state index in [0.29, 0.717) is 18.0 Å². The molecular formula is C16H26N2O2S. The molecule has 2 rings (SSSR count). The fourth-order valence-corrected chi connectivity index (χ4v) is 4.23. The van der Waals surface area contributed by atoms with Crippen LogP contribution < -0.4 is 0 Å². The van der Waals surface area contributed by atoms with Crippen LogP contribution >= 0.6 is 0 Å². The van der Waals surface area contributed by atoms with Crippen LogP contribution in [0.2, 0.25) is 0 Å². The Kier molecular flexibility index (Phi) is 5.79. The van der Waals surface area contributed by atoms with E-state index in [0.717, 1.165) is 25.2 Å². The SMILES string of the molecule is CCCCCN1CCN(S(=O)(=O)c2cccc(C)c2)CC1. The van der Waals surface area contributed by atoms with Crippen LogP contribution in [0.4, 0.5) is 0 Å². The van der Waals surface area contributed by atoms with Gasteiger partial charge in [-0.2, -0.15) is 4.31 Å². The van der Waals surface area contributed by atoms with Crippen LogP contribution in [0, 0.1) is 6.92 Å². The fourth-order valence-electron chi connectivity index (χ4n) is 2.70. The molecule has 0 aliphatic carbocycles. The molecule has 5 heteroatoms. The van der Waals surface area contributed by atoms with Gasteiger partial charge in [0.1, 0.15) is 0 Å². The molecule has 0 spiro atoms.